The minimum Gasteiger partial charge on any atom is -0.469 e. The van der Waals surface area contributed by atoms with Crippen molar-refractivity contribution in [3.8, 4) is 39.1 Å². The summed E-state index contributed by atoms with van der Waals surface area (Å²) in [5, 5.41) is 0. The monoisotopic (exact) mass is 436 g/mol. The topological polar surface area (TPSA) is 52.6 Å². The van der Waals surface area contributed by atoms with E-state index in [9.17, 15) is 9.59 Å². The summed E-state index contributed by atoms with van der Waals surface area (Å²) in [5.41, 5.74) is 7.27. The molecule has 0 atom stereocenters. The van der Waals surface area contributed by atoms with Crippen LogP contribution in [0.2, 0.25) is 0 Å². The first-order valence-electron chi connectivity index (χ1n) is 10.7. The summed E-state index contributed by atoms with van der Waals surface area (Å²) >= 11 is 0. The van der Waals surface area contributed by atoms with E-state index in [1.165, 1.54) is 18.2 Å². The summed E-state index contributed by atoms with van der Waals surface area (Å²) in [6, 6.07) is 32.1. The fraction of sp³-hybridized carbons (Fsp3) is 0.103. The van der Waals surface area contributed by atoms with Gasteiger partial charge in [0, 0.05) is 5.56 Å². The van der Waals surface area contributed by atoms with Crippen molar-refractivity contribution in [1.29, 1.82) is 0 Å². The first-order chi connectivity index (χ1) is 16.0. The summed E-state index contributed by atoms with van der Waals surface area (Å²) in [6.07, 6.45) is -0.440. The van der Waals surface area contributed by atoms with Crippen molar-refractivity contribution >= 4 is 11.9 Å². The van der Waals surface area contributed by atoms with Crippen molar-refractivity contribution in [1.82, 2.24) is 0 Å². The normalized spacial score (nSPS) is 10.5. The molecule has 0 saturated heterocycles. The Bertz CT molecular complexity index is 1280. The van der Waals surface area contributed by atoms with E-state index in [2.05, 4.69) is 42.0 Å². The average molecular weight is 437 g/mol. The molecule has 0 fully saturated rings. The van der Waals surface area contributed by atoms with Crippen LogP contribution in [-0.4, -0.2) is 19.0 Å². The van der Waals surface area contributed by atoms with Crippen molar-refractivity contribution < 1.29 is 19.1 Å². The zero-order chi connectivity index (χ0) is 23.2. The van der Waals surface area contributed by atoms with E-state index < -0.39 is 18.4 Å². The Morgan fingerprint density at radius 1 is 0.636 bits per heavy atom. The van der Waals surface area contributed by atoms with Crippen LogP contribution < -0.4 is 4.74 Å². The number of benzene rings is 4. The van der Waals surface area contributed by atoms with E-state index in [1.807, 2.05) is 60.7 Å². The van der Waals surface area contributed by atoms with Gasteiger partial charge in [0.2, 0.25) is 0 Å². The summed E-state index contributed by atoms with van der Waals surface area (Å²) in [5.74, 6) is -0.895. The highest BCUT2D eigenvalue weighted by molar-refractivity contribution is 5.93. The maximum absolute atomic E-state index is 12.2. The van der Waals surface area contributed by atoms with Gasteiger partial charge in [0.05, 0.1) is 7.11 Å². The van der Waals surface area contributed by atoms with Gasteiger partial charge >= 0.3 is 11.9 Å². The molecule has 4 aromatic rings. The number of aryl methyl sites for hydroxylation is 1. The quantitative estimate of drug-likeness (QED) is 0.198. The van der Waals surface area contributed by atoms with Gasteiger partial charge in [-0.15, -0.1) is 0 Å². The lowest BCUT2D eigenvalue weighted by molar-refractivity contribution is -0.148. The lowest BCUT2D eigenvalue weighted by atomic mass is 9.93. The summed E-state index contributed by atoms with van der Waals surface area (Å²) < 4.78 is 10.1. The zero-order valence-corrected chi connectivity index (χ0v) is 18.6. The van der Waals surface area contributed by atoms with Gasteiger partial charge < -0.3 is 9.47 Å². The maximum Gasteiger partial charge on any atom is 0.322 e. The van der Waals surface area contributed by atoms with Gasteiger partial charge in [-0.05, 0) is 58.5 Å². The number of hydrogen-bond acceptors (Lipinski definition) is 4. The molecule has 4 rings (SSSR count). The molecule has 0 unspecified atom stereocenters. The van der Waals surface area contributed by atoms with Crippen molar-refractivity contribution in [2.75, 3.05) is 7.11 Å². The van der Waals surface area contributed by atoms with Crippen molar-refractivity contribution in [3.63, 3.8) is 0 Å². The molecule has 4 nitrogen and oxygen atoms in total. The molecular weight excluding hydrogens is 412 g/mol. The highest BCUT2D eigenvalue weighted by atomic mass is 16.5. The minimum absolute atomic E-state index is 0.397. The summed E-state index contributed by atoms with van der Waals surface area (Å²) in [7, 11) is 1.24. The molecule has 0 radical (unpaired) electrons. The largest absolute Gasteiger partial charge is 0.469 e. The summed E-state index contributed by atoms with van der Waals surface area (Å²) in [6.45, 7) is 2.10. The predicted octanol–water partition coefficient (Wildman–Crippen LogP) is 6.46. The molecule has 4 aromatic carbocycles. The first kappa shape index (κ1) is 22.0. The van der Waals surface area contributed by atoms with Crippen LogP contribution in [0.1, 0.15) is 12.0 Å². The van der Waals surface area contributed by atoms with Crippen molar-refractivity contribution in [2.24, 2.45) is 0 Å². The first-order valence-corrected chi connectivity index (χ1v) is 10.7. The average Bonchev–Trinajstić information content (AvgIpc) is 2.85. The van der Waals surface area contributed by atoms with Crippen molar-refractivity contribution in [2.45, 2.75) is 13.3 Å². The fourth-order valence-electron chi connectivity index (χ4n) is 3.72. The SMILES string of the molecule is COC(=O)CC(=O)Oc1ccc(-c2ccc(C)c(-c3ccccc3)c2)cc1-c1ccccc1. The zero-order valence-electron chi connectivity index (χ0n) is 18.6. The lowest BCUT2D eigenvalue weighted by Crippen LogP contribution is -2.15. The van der Waals surface area contributed by atoms with E-state index in [0.29, 0.717) is 5.75 Å². The molecule has 0 aliphatic rings. The van der Waals surface area contributed by atoms with Crippen LogP contribution in [0.4, 0.5) is 0 Å². The van der Waals surface area contributed by atoms with Gasteiger partial charge in [-0.25, -0.2) is 0 Å². The molecule has 0 N–H and O–H groups in total. The van der Waals surface area contributed by atoms with Crippen LogP contribution >= 0.6 is 0 Å². The van der Waals surface area contributed by atoms with Crippen LogP contribution in [0, 0.1) is 6.92 Å². The molecule has 0 amide bonds. The van der Waals surface area contributed by atoms with Gasteiger partial charge in [-0.1, -0.05) is 78.9 Å². The Morgan fingerprint density at radius 3 is 1.79 bits per heavy atom. The Labute approximate surface area is 193 Å². The number of carbonyl (C=O) groups is 2. The molecule has 33 heavy (non-hydrogen) atoms. The van der Waals surface area contributed by atoms with E-state index in [-0.39, 0.29) is 0 Å². The molecule has 0 heterocycles. The molecule has 0 aliphatic heterocycles. The molecule has 0 spiro atoms. The van der Waals surface area contributed by atoms with Gasteiger partial charge in [-0.3, -0.25) is 9.59 Å². The predicted molar refractivity (Wildman–Crippen MR) is 130 cm³/mol. The second-order valence-electron chi connectivity index (χ2n) is 7.70. The Hall–Kier alpha value is -4.18. The molecule has 164 valence electrons. The minimum atomic E-state index is -0.659. The number of ether oxygens (including phenoxy) is 2. The molecule has 4 heteroatoms. The molecular formula is C29H24O4. The summed E-state index contributed by atoms with van der Waals surface area (Å²) in [4.78, 5) is 23.7. The Balaban J connectivity index is 1.75. The third-order valence-corrected chi connectivity index (χ3v) is 5.46. The fourth-order valence-corrected chi connectivity index (χ4v) is 3.72. The number of hydrogen-bond donors (Lipinski definition) is 0. The molecule has 0 saturated carbocycles. The molecule has 0 aromatic heterocycles. The van der Waals surface area contributed by atoms with Crippen molar-refractivity contribution in [3.05, 3.63) is 103 Å². The van der Waals surface area contributed by atoms with E-state index in [0.717, 1.165) is 27.8 Å². The van der Waals surface area contributed by atoms with Crippen LogP contribution in [0.5, 0.6) is 5.75 Å². The van der Waals surface area contributed by atoms with Gasteiger partial charge in [0.25, 0.3) is 0 Å². The second-order valence-corrected chi connectivity index (χ2v) is 7.70. The molecule has 0 aliphatic carbocycles. The van der Waals surface area contributed by atoms with Gasteiger partial charge in [-0.2, -0.15) is 0 Å². The van der Waals surface area contributed by atoms with Gasteiger partial charge in [0.15, 0.2) is 0 Å². The van der Waals surface area contributed by atoms with E-state index in [1.54, 1.807) is 6.07 Å². The van der Waals surface area contributed by atoms with Crippen LogP contribution in [0.3, 0.4) is 0 Å². The number of rotatable bonds is 6. The third-order valence-electron chi connectivity index (χ3n) is 5.46. The maximum atomic E-state index is 12.2. The van der Waals surface area contributed by atoms with E-state index in [4.69, 9.17) is 4.74 Å². The highest BCUT2D eigenvalue weighted by Gasteiger charge is 2.16. The third kappa shape index (κ3) is 5.18. The molecule has 0 bridgehead atoms. The Morgan fingerprint density at radius 2 is 1.18 bits per heavy atom. The number of esters is 2. The van der Waals surface area contributed by atoms with E-state index >= 15 is 0 Å². The van der Waals surface area contributed by atoms with Crippen LogP contribution in [0.25, 0.3) is 33.4 Å². The second kappa shape index (κ2) is 9.96. The van der Waals surface area contributed by atoms with Crippen LogP contribution in [-0.2, 0) is 14.3 Å². The number of carbonyl (C=O) groups excluding carboxylic acids is 2. The standard InChI is InChI=1S/C29H24O4/c1-20-13-14-23(17-25(20)21-9-5-3-6-10-21)24-15-16-27(33-29(31)19-28(30)32-2)26(18-24)22-11-7-4-8-12-22/h3-18H,19H2,1-2H3. The van der Waals surface area contributed by atoms with Gasteiger partial charge in [0.1, 0.15) is 12.2 Å². The highest BCUT2D eigenvalue weighted by Crippen LogP contribution is 2.36. The van der Waals surface area contributed by atoms with Crippen LogP contribution in [0.15, 0.2) is 97.1 Å². The Kier molecular flexibility index (Phi) is 6.65. The number of methoxy groups -OCH3 is 1. The lowest BCUT2D eigenvalue weighted by Gasteiger charge is -2.14. The smallest absolute Gasteiger partial charge is 0.322 e.